The number of carbonyl (C=O) groups is 1. The van der Waals surface area contributed by atoms with E-state index >= 15 is 0 Å². The zero-order chi connectivity index (χ0) is 24.0. The van der Waals surface area contributed by atoms with Gasteiger partial charge in [-0.15, -0.1) is 0 Å². The van der Waals surface area contributed by atoms with Crippen LogP contribution >= 0.6 is 0 Å². The Labute approximate surface area is 191 Å². The Kier molecular flexibility index (Phi) is 7.41. The molecule has 10 heteroatoms. The zero-order valence-electron chi connectivity index (χ0n) is 18.1. The van der Waals surface area contributed by atoms with Crippen LogP contribution in [0.3, 0.4) is 0 Å². The van der Waals surface area contributed by atoms with E-state index in [0.717, 1.165) is 18.2 Å². The first-order chi connectivity index (χ1) is 15.6. The van der Waals surface area contributed by atoms with Crippen LogP contribution in [0, 0.1) is 10.1 Å². The van der Waals surface area contributed by atoms with Crippen LogP contribution < -0.4 is 9.50 Å². The van der Waals surface area contributed by atoms with E-state index in [4.69, 9.17) is 4.18 Å². The molecule has 0 saturated carbocycles. The van der Waals surface area contributed by atoms with Gasteiger partial charge in [-0.2, -0.15) is 8.42 Å². The number of benzene rings is 3. The number of nitrogens with one attached hydrogen (secondary N) is 1. The lowest BCUT2D eigenvalue weighted by Gasteiger charge is -2.11. The van der Waals surface area contributed by atoms with Gasteiger partial charge in [0.1, 0.15) is 10.6 Å². The second-order valence-corrected chi connectivity index (χ2v) is 9.10. The van der Waals surface area contributed by atoms with Crippen molar-refractivity contribution in [1.82, 2.24) is 10.2 Å². The molecule has 0 radical (unpaired) electrons. The van der Waals surface area contributed by atoms with Gasteiger partial charge in [-0.1, -0.05) is 30.3 Å². The minimum atomic E-state index is -4.27. The predicted molar refractivity (Wildman–Crippen MR) is 122 cm³/mol. The van der Waals surface area contributed by atoms with Gasteiger partial charge in [-0.3, -0.25) is 14.9 Å². The van der Waals surface area contributed by atoms with E-state index in [-0.39, 0.29) is 22.2 Å². The minimum absolute atomic E-state index is 0.0189. The van der Waals surface area contributed by atoms with Crippen LogP contribution in [0.5, 0.6) is 5.75 Å². The van der Waals surface area contributed by atoms with Crippen molar-refractivity contribution in [3.63, 3.8) is 0 Å². The summed E-state index contributed by atoms with van der Waals surface area (Å²) in [6, 6.07) is 18.1. The Morgan fingerprint density at radius 1 is 1.00 bits per heavy atom. The molecule has 3 rings (SSSR count). The van der Waals surface area contributed by atoms with Crippen molar-refractivity contribution in [2.75, 3.05) is 14.1 Å². The third-order valence-electron chi connectivity index (χ3n) is 4.61. The number of hydrogen-bond acceptors (Lipinski definition) is 7. The van der Waals surface area contributed by atoms with E-state index in [9.17, 15) is 23.3 Å². The molecule has 0 spiro atoms. The van der Waals surface area contributed by atoms with E-state index < -0.39 is 15.0 Å². The summed E-state index contributed by atoms with van der Waals surface area (Å²) in [6.45, 7) is 1.18. The summed E-state index contributed by atoms with van der Waals surface area (Å²) in [6.07, 6.45) is 0. The molecule has 3 aromatic carbocycles. The fourth-order valence-electron chi connectivity index (χ4n) is 3.00. The number of carbonyl (C=O) groups excluding carboxylic acids is 1. The van der Waals surface area contributed by atoms with Gasteiger partial charge in [-0.25, -0.2) is 0 Å². The van der Waals surface area contributed by atoms with Gasteiger partial charge in [0.15, 0.2) is 0 Å². The van der Waals surface area contributed by atoms with Gasteiger partial charge in [0.05, 0.1) is 4.92 Å². The number of rotatable bonds is 9. The molecule has 0 bridgehead atoms. The van der Waals surface area contributed by atoms with E-state index in [0.29, 0.717) is 12.1 Å². The van der Waals surface area contributed by atoms with Gasteiger partial charge in [0.25, 0.3) is 11.6 Å². The Morgan fingerprint density at radius 3 is 2.24 bits per heavy atom. The topological polar surface area (TPSA) is 119 Å². The van der Waals surface area contributed by atoms with Crippen molar-refractivity contribution in [3.05, 3.63) is 99.6 Å². The Balaban J connectivity index is 1.60. The number of nitro groups is 1. The fraction of sp³-hybridized carbons (Fsp3) is 0.174. The number of nitrogens with zero attached hydrogens (tertiary/aromatic N) is 2. The maximum absolute atomic E-state index is 12.4. The molecule has 3 aromatic rings. The van der Waals surface area contributed by atoms with Crippen LogP contribution in [0.2, 0.25) is 0 Å². The zero-order valence-corrected chi connectivity index (χ0v) is 18.9. The Morgan fingerprint density at radius 2 is 1.64 bits per heavy atom. The summed E-state index contributed by atoms with van der Waals surface area (Å²) in [5, 5.41) is 13.7. The summed E-state index contributed by atoms with van der Waals surface area (Å²) in [7, 11) is -0.281. The normalized spacial score (nSPS) is 11.2. The van der Waals surface area contributed by atoms with E-state index in [1.807, 2.05) is 38.4 Å². The van der Waals surface area contributed by atoms with Crippen LogP contribution in [-0.2, 0) is 23.2 Å². The SMILES string of the molecule is CN(C)Cc1ccc(CNC(=O)c2ccc(OS(=O)(=O)c3cccc([N+](=O)[O-])c3)cc2)cc1. The van der Waals surface area contributed by atoms with Crippen molar-refractivity contribution in [1.29, 1.82) is 0 Å². The summed E-state index contributed by atoms with van der Waals surface area (Å²) >= 11 is 0. The Hall–Kier alpha value is -3.76. The van der Waals surface area contributed by atoms with Crippen molar-refractivity contribution in [3.8, 4) is 5.75 Å². The van der Waals surface area contributed by atoms with Crippen LogP contribution in [0.1, 0.15) is 21.5 Å². The number of nitro benzene ring substituents is 1. The van der Waals surface area contributed by atoms with Crippen molar-refractivity contribution >= 4 is 21.7 Å². The smallest absolute Gasteiger partial charge is 0.339 e. The molecular weight excluding hydrogens is 446 g/mol. The van der Waals surface area contributed by atoms with Gasteiger partial charge >= 0.3 is 10.1 Å². The van der Waals surface area contributed by atoms with E-state index in [1.54, 1.807) is 0 Å². The van der Waals surface area contributed by atoms with Crippen LogP contribution in [0.25, 0.3) is 0 Å². The summed E-state index contributed by atoms with van der Waals surface area (Å²) in [5.41, 5.74) is 2.10. The average molecular weight is 470 g/mol. The molecule has 0 aromatic heterocycles. The molecule has 1 N–H and O–H groups in total. The van der Waals surface area contributed by atoms with Crippen molar-refractivity contribution in [2.24, 2.45) is 0 Å². The first-order valence-electron chi connectivity index (χ1n) is 9.94. The first kappa shape index (κ1) is 23.9. The minimum Gasteiger partial charge on any atom is -0.379 e. The molecule has 0 heterocycles. The highest BCUT2D eigenvalue weighted by atomic mass is 32.2. The third-order valence-corrected chi connectivity index (χ3v) is 5.86. The molecule has 0 aliphatic heterocycles. The van der Waals surface area contributed by atoms with Gasteiger partial charge in [-0.05, 0) is 55.6 Å². The highest BCUT2D eigenvalue weighted by molar-refractivity contribution is 7.87. The van der Waals surface area contributed by atoms with Gasteiger partial charge in [0.2, 0.25) is 0 Å². The van der Waals surface area contributed by atoms with Crippen LogP contribution in [0.4, 0.5) is 5.69 Å². The van der Waals surface area contributed by atoms with Crippen LogP contribution in [0.15, 0.2) is 77.7 Å². The first-order valence-corrected chi connectivity index (χ1v) is 11.3. The molecule has 0 aliphatic carbocycles. The predicted octanol–water partition coefficient (Wildman–Crippen LogP) is 3.35. The lowest BCUT2D eigenvalue weighted by atomic mass is 10.1. The molecule has 0 saturated heterocycles. The monoisotopic (exact) mass is 469 g/mol. The van der Waals surface area contributed by atoms with Gasteiger partial charge < -0.3 is 14.4 Å². The lowest BCUT2D eigenvalue weighted by molar-refractivity contribution is -0.385. The molecule has 9 nitrogen and oxygen atoms in total. The maximum atomic E-state index is 12.4. The molecule has 0 unspecified atom stereocenters. The third kappa shape index (κ3) is 6.61. The molecule has 33 heavy (non-hydrogen) atoms. The average Bonchev–Trinajstić information content (AvgIpc) is 2.78. The molecule has 0 atom stereocenters. The largest absolute Gasteiger partial charge is 0.379 e. The summed E-state index contributed by atoms with van der Waals surface area (Å²) < 4.78 is 29.9. The van der Waals surface area contributed by atoms with E-state index in [1.165, 1.54) is 48.0 Å². The molecule has 172 valence electrons. The molecule has 0 fully saturated rings. The Bertz CT molecular complexity index is 1240. The highest BCUT2D eigenvalue weighted by Crippen LogP contribution is 2.22. The number of amides is 1. The quantitative estimate of drug-likeness (QED) is 0.290. The fourth-order valence-corrected chi connectivity index (χ4v) is 3.97. The molecular formula is C23H23N3O6S. The number of non-ortho nitro benzene ring substituents is 1. The second kappa shape index (κ2) is 10.2. The molecule has 0 aliphatic rings. The summed E-state index contributed by atoms with van der Waals surface area (Å²) in [4.78, 5) is 24.3. The second-order valence-electron chi connectivity index (χ2n) is 7.55. The summed E-state index contributed by atoms with van der Waals surface area (Å²) in [5.74, 6) is -0.338. The number of hydrogen-bond donors (Lipinski definition) is 1. The van der Waals surface area contributed by atoms with Crippen molar-refractivity contribution < 1.29 is 22.3 Å². The maximum Gasteiger partial charge on any atom is 0.339 e. The highest BCUT2D eigenvalue weighted by Gasteiger charge is 2.20. The lowest BCUT2D eigenvalue weighted by Crippen LogP contribution is -2.22. The molecule has 1 amide bonds. The van der Waals surface area contributed by atoms with Crippen LogP contribution in [-0.4, -0.2) is 38.2 Å². The standard InChI is InChI=1S/C23H23N3O6S/c1-25(2)16-18-8-6-17(7-9-18)15-24-23(27)19-10-12-21(13-11-19)32-33(30,31)22-5-3-4-20(14-22)26(28)29/h3-14H,15-16H2,1-2H3,(H,24,27). The van der Waals surface area contributed by atoms with Crippen molar-refractivity contribution in [2.45, 2.75) is 18.0 Å². The van der Waals surface area contributed by atoms with Gasteiger partial charge in [0, 0.05) is 30.8 Å². The van der Waals surface area contributed by atoms with E-state index in [2.05, 4.69) is 10.2 Å².